The average Bonchev–Trinajstić information content (AvgIpc) is 3.04. The number of sulfonamides is 1. The summed E-state index contributed by atoms with van der Waals surface area (Å²) in [5.41, 5.74) is 4.32. The lowest BCUT2D eigenvalue weighted by molar-refractivity contribution is -0.137. The van der Waals surface area contributed by atoms with E-state index in [1.165, 1.54) is 28.2 Å². The number of halogens is 4. The number of pyridine rings is 1. The molecule has 0 radical (unpaired) electrons. The number of aryl methyl sites for hydroxylation is 1. The highest BCUT2D eigenvalue weighted by Crippen LogP contribution is 2.34. The number of rotatable bonds is 4. The number of hydrogen-bond donors (Lipinski definition) is 1. The fourth-order valence-electron chi connectivity index (χ4n) is 3.03. The molecule has 0 unspecified atom stereocenters. The van der Waals surface area contributed by atoms with E-state index in [0.717, 1.165) is 6.07 Å². The lowest BCUT2D eigenvalue weighted by Gasteiger charge is -2.34. The first kappa shape index (κ1) is 21.4. The van der Waals surface area contributed by atoms with Gasteiger partial charge < -0.3 is 15.2 Å². The highest BCUT2D eigenvalue weighted by atomic mass is 35.5. The Morgan fingerprint density at radius 3 is 2.31 bits per heavy atom. The number of primary amides is 1. The van der Waals surface area contributed by atoms with Crippen LogP contribution in [-0.4, -0.2) is 54.4 Å². The molecule has 2 N–H and O–H groups in total. The molecule has 2 aromatic heterocycles. The van der Waals surface area contributed by atoms with Crippen molar-refractivity contribution < 1.29 is 26.4 Å². The number of anilines is 1. The Bertz CT molecular complexity index is 1050. The quantitative estimate of drug-likeness (QED) is 0.762. The van der Waals surface area contributed by atoms with Crippen molar-refractivity contribution in [2.75, 3.05) is 31.1 Å². The molecule has 3 heterocycles. The zero-order valence-corrected chi connectivity index (χ0v) is 16.7. The predicted octanol–water partition coefficient (Wildman–Crippen LogP) is 1.70. The van der Waals surface area contributed by atoms with E-state index in [9.17, 15) is 26.4 Å². The molecular weight excluding hydrogens is 435 g/mol. The first-order chi connectivity index (χ1) is 13.4. The molecule has 0 spiro atoms. The van der Waals surface area contributed by atoms with Gasteiger partial charge in [-0.3, -0.25) is 4.79 Å². The largest absolute Gasteiger partial charge is 0.417 e. The summed E-state index contributed by atoms with van der Waals surface area (Å²) in [6, 6.07) is 2.00. The Balaban J connectivity index is 1.75. The van der Waals surface area contributed by atoms with Crippen molar-refractivity contribution in [1.82, 2.24) is 13.9 Å². The molecule has 13 heteroatoms. The maximum atomic E-state index is 12.8. The van der Waals surface area contributed by atoms with Crippen LogP contribution in [0.1, 0.15) is 16.1 Å². The lowest BCUT2D eigenvalue weighted by atomic mass is 10.2. The van der Waals surface area contributed by atoms with Gasteiger partial charge in [-0.15, -0.1) is 0 Å². The third kappa shape index (κ3) is 4.19. The van der Waals surface area contributed by atoms with E-state index >= 15 is 0 Å². The molecule has 0 atom stereocenters. The topological polar surface area (TPSA) is 102 Å². The van der Waals surface area contributed by atoms with Crippen LogP contribution in [-0.2, 0) is 23.2 Å². The number of nitrogens with two attached hydrogens (primary N) is 1. The van der Waals surface area contributed by atoms with Crippen LogP contribution in [0.2, 0.25) is 5.02 Å². The second-order valence-corrected chi connectivity index (χ2v) is 8.80. The Morgan fingerprint density at radius 2 is 1.83 bits per heavy atom. The van der Waals surface area contributed by atoms with Crippen LogP contribution in [0.5, 0.6) is 0 Å². The van der Waals surface area contributed by atoms with E-state index in [1.54, 1.807) is 4.90 Å². The smallest absolute Gasteiger partial charge is 0.364 e. The van der Waals surface area contributed by atoms with E-state index in [0.29, 0.717) is 6.20 Å². The van der Waals surface area contributed by atoms with Gasteiger partial charge in [-0.1, -0.05) is 11.6 Å². The summed E-state index contributed by atoms with van der Waals surface area (Å²) in [6.07, 6.45) is -2.56. The Morgan fingerprint density at radius 1 is 1.21 bits per heavy atom. The highest BCUT2D eigenvalue weighted by molar-refractivity contribution is 7.89. The maximum Gasteiger partial charge on any atom is 0.417 e. The first-order valence-electron chi connectivity index (χ1n) is 8.35. The van der Waals surface area contributed by atoms with Crippen molar-refractivity contribution in [3.63, 3.8) is 0 Å². The van der Waals surface area contributed by atoms with Gasteiger partial charge in [0.1, 0.15) is 16.4 Å². The number of nitrogens with zero attached hydrogens (tertiary/aromatic N) is 4. The minimum atomic E-state index is -4.55. The zero-order valence-electron chi connectivity index (χ0n) is 15.1. The van der Waals surface area contributed by atoms with Gasteiger partial charge in [0.15, 0.2) is 0 Å². The maximum absolute atomic E-state index is 12.8. The van der Waals surface area contributed by atoms with Gasteiger partial charge in [0, 0.05) is 45.6 Å². The van der Waals surface area contributed by atoms with Crippen LogP contribution in [0, 0.1) is 0 Å². The van der Waals surface area contributed by atoms with E-state index in [-0.39, 0.29) is 47.6 Å². The molecular formula is C16H17ClF3N5O3S. The molecule has 1 fully saturated rings. The molecule has 3 rings (SSSR count). The number of carbonyl (C=O) groups excluding carboxylic acids is 1. The highest BCUT2D eigenvalue weighted by Gasteiger charge is 2.34. The molecule has 158 valence electrons. The Hall–Kier alpha value is -2.31. The monoisotopic (exact) mass is 451 g/mol. The van der Waals surface area contributed by atoms with E-state index in [2.05, 4.69) is 4.98 Å². The molecule has 8 nitrogen and oxygen atoms in total. The van der Waals surface area contributed by atoms with Gasteiger partial charge in [-0.05, 0) is 12.1 Å². The molecule has 29 heavy (non-hydrogen) atoms. The summed E-state index contributed by atoms with van der Waals surface area (Å²) in [7, 11) is -2.35. The second-order valence-electron chi connectivity index (χ2n) is 6.45. The van der Waals surface area contributed by atoms with Crippen LogP contribution in [0.15, 0.2) is 29.4 Å². The fourth-order valence-corrected chi connectivity index (χ4v) is 4.81. The van der Waals surface area contributed by atoms with Gasteiger partial charge in [0.05, 0.1) is 10.6 Å². The molecule has 0 aliphatic carbocycles. The second kappa shape index (κ2) is 7.50. The Kier molecular flexibility index (Phi) is 5.54. The van der Waals surface area contributed by atoms with Crippen molar-refractivity contribution in [3.05, 3.63) is 40.8 Å². The first-order valence-corrected chi connectivity index (χ1v) is 10.2. The molecule has 0 aromatic carbocycles. The number of amides is 1. The van der Waals surface area contributed by atoms with Gasteiger partial charge in [0.25, 0.3) is 5.91 Å². The number of carbonyl (C=O) groups is 1. The molecule has 1 aliphatic rings. The minimum absolute atomic E-state index is 0.0583. The molecule has 0 bridgehead atoms. The molecule has 1 amide bonds. The summed E-state index contributed by atoms with van der Waals surface area (Å²) >= 11 is 5.96. The summed E-state index contributed by atoms with van der Waals surface area (Å²) in [5, 5.41) is -0.162. The van der Waals surface area contributed by atoms with Crippen molar-refractivity contribution >= 4 is 33.3 Å². The third-order valence-electron chi connectivity index (χ3n) is 4.56. The third-order valence-corrected chi connectivity index (χ3v) is 6.70. The number of alkyl halides is 3. The Labute approximate surface area is 169 Å². The predicted molar refractivity (Wildman–Crippen MR) is 99.2 cm³/mol. The zero-order chi connectivity index (χ0) is 21.6. The van der Waals surface area contributed by atoms with Crippen molar-refractivity contribution in [3.8, 4) is 0 Å². The van der Waals surface area contributed by atoms with E-state index < -0.39 is 27.7 Å². The summed E-state index contributed by atoms with van der Waals surface area (Å²) in [6.45, 7) is 0.518. The van der Waals surface area contributed by atoms with Gasteiger partial charge >= 0.3 is 6.18 Å². The van der Waals surface area contributed by atoms with Crippen molar-refractivity contribution in [2.45, 2.75) is 11.1 Å². The van der Waals surface area contributed by atoms with E-state index in [4.69, 9.17) is 17.3 Å². The molecule has 0 saturated carbocycles. The summed E-state index contributed by atoms with van der Waals surface area (Å²) < 4.78 is 66.4. The summed E-state index contributed by atoms with van der Waals surface area (Å²) in [4.78, 5) is 16.7. The molecule has 1 saturated heterocycles. The average molecular weight is 452 g/mol. The van der Waals surface area contributed by atoms with Crippen LogP contribution in [0.4, 0.5) is 19.0 Å². The van der Waals surface area contributed by atoms with Gasteiger partial charge in [-0.2, -0.15) is 17.5 Å². The number of piperazine rings is 1. The molecule has 2 aromatic rings. The van der Waals surface area contributed by atoms with Crippen molar-refractivity contribution in [1.29, 1.82) is 0 Å². The summed E-state index contributed by atoms with van der Waals surface area (Å²) in [5.74, 6) is -0.589. The molecule has 1 aliphatic heterocycles. The number of hydrogen-bond acceptors (Lipinski definition) is 5. The SMILES string of the molecule is Cn1cc(S(=O)(=O)N2CCN(c3ncc(C(F)(F)F)cc3Cl)CC2)cc1C(N)=O. The fraction of sp³-hybridized carbons (Fsp3) is 0.375. The van der Waals surface area contributed by atoms with Gasteiger partial charge in [-0.25, -0.2) is 13.4 Å². The van der Waals surface area contributed by atoms with Crippen LogP contribution < -0.4 is 10.6 Å². The minimum Gasteiger partial charge on any atom is -0.364 e. The van der Waals surface area contributed by atoms with Crippen LogP contribution in [0.25, 0.3) is 0 Å². The lowest BCUT2D eigenvalue weighted by Crippen LogP contribution is -2.49. The van der Waals surface area contributed by atoms with Crippen LogP contribution in [0.3, 0.4) is 0 Å². The van der Waals surface area contributed by atoms with Crippen molar-refractivity contribution in [2.24, 2.45) is 12.8 Å². The number of aromatic nitrogens is 2. The van der Waals surface area contributed by atoms with Gasteiger partial charge in [0.2, 0.25) is 10.0 Å². The standard InChI is InChI=1S/C16H17ClF3N5O3S/c1-23-9-11(7-13(23)14(21)26)29(27,28)25-4-2-24(3-5-25)15-12(17)6-10(8-22-15)16(18,19)20/h6-9H,2-5H2,1H3,(H2,21,26). The normalized spacial score (nSPS) is 16.2. The van der Waals surface area contributed by atoms with E-state index in [1.807, 2.05) is 0 Å². The van der Waals surface area contributed by atoms with Crippen LogP contribution >= 0.6 is 11.6 Å².